The normalized spacial score (nSPS) is 22.0. The summed E-state index contributed by atoms with van der Waals surface area (Å²) in [7, 11) is -3.21. The highest BCUT2D eigenvalue weighted by atomic mass is 32.2. The summed E-state index contributed by atoms with van der Waals surface area (Å²) in [4.78, 5) is 14.7. The molecule has 0 bridgehead atoms. The Morgan fingerprint density at radius 1 is 1.00 bits per heavy atom. The molecular formula is C20H22N2O4S. The Bertz CT molecular complexity index is 913. The van der Waals surface area contributed by atoms with E-state index in [1.807, 2.05) is 30.3 Å². The van der Waals surface area contributed by atoms with E-state index in [1.54, 1.807) is 29.2 Å². The van der Waals surface area contributed by atoms with Crippen LogP contribution in [0.1, 0.15) is 28.4 Å². The van der Waals surface area contributed by atoms with Gasteiger partial charge in [-0.05, 0) is 36.2 Å². The van der Waals surface area contributed by atoms with Crippen molar-refractivity contribution in [3.8, 4) is 0 Å². The quantitative estimate of drug-likeness (QED) is 0.813. The first-order valence-electron chi connectivity index (χ1n) is 9.11. The van der Waals surface area contributed by atoms with Gasteiger partial charge in [-0.25, -0.2) is 8.42 Å². The lowest BCUT2D eigenvalue weighted by molar-refractivity contribution is -0.0228. The zero-order chi connectivity index (χ0) is 18.9. The predicted molar refractivity (Wildman–Crippen MR) is 103 cm³/mol. The van der Waals surface area contributed by atoms with E-state index < -0.39 is 10.0 Å². The lowest BCUT2D eigenvalue weighted by Crippen LogP contribution is -2.42. The molecule has 1 unspecified atom stereocenters. The van der Waals surface area contributed by atoms with E-state index in [-0.39, 0.29) is 17.8 Å². The Morgan fingerprint density at radius 3 is 2.41 bits per heavy atom. The molecule has 1 amide bonds. The highest BCUT2D eigenvalue weighted by Crippen LogP contribution is 2.26. The molecule has 6 nitrogen and oxygen atoms in total. The van der Waals surface area contributed by atoms with Crippen molar-refractivity contribution < 1.29 is 17.9 Å². The highest BCUT2D eigenvalue weighted by molar-refractivity contribution is 7.93. The number of anilines is 1. The third kappa shape index (κ3) is 3.70. The highest BCUT2D eigenvalue weighted by Gasteiger charge is 2.29. The molecule has 4 rings (SSSR count). The van der Waals surface area contributed by atoms with Crippen LogP contribution in [0.3, 0.4) is 0 Å². The largest absolute Gasteiger partial charge is 0.370 e. The number of carbonyl (C=O) groups excluding carboxylic acids is 1. The summed E-state index contributed by atoms with van der Waals surface area (Å²) in [6.07, 6.45) is 0.510. The molecule has 2 aliphatic heterocycles. The van der Waals surface area contributed by atoms with E-state index in [2.05, 4.69) is 0 Å². The maximum absolute atomic E-state index is 12.9. The van der Waals surface area contributed by atoms with Crippen LogP contribution in [0.5, 0.6) is 0 Å². The lowest BCUT2D eigenvalue weighted by atomic mass is 10.1. The summed E-state index contributed by atoms with van der Waals surface area (Å²) in [6.45, 7) is 2.04. The summed E-state index contributed by atoms with van der Waals surface area (Å²) < 4.78 is 31.3. The summed E-state index contributed by atoms with van der Waals surface area (Å²) in [5.74, 6) is 0.123. The summed E-state index contributed by atoms with van der Waals surface area (Å²) in [5, 5.41) is 0. The van der Waals surface area contributed by atoms with Crippen LogP contribution >= 0.6 is 0 Å². The number of nitrogens with zero attached hydrogens (tertiary/aromatic N) is 2. The van der Waals surface area contributed by atoms with Crippen molar-refractivity contribution in [1.29, 1.82) is 0 Å². The minimum atomic E-state index is -3.21. The molecule has 0 radical (unpaired) electrons. The molecule has 27 heavy (non-hydrogen) atoms. The molecule has 0 aliphatic carbocycles. The van der Waals surface area contributed by atoms with Gasteiger partial charge >= 0.3 is 0 Å². The van der Waals surface area contributed by atoms with Crippen LogP contribution < -0.4 is 4.31 Å². The lowest BCUT2D eigenvalue weighted by Gasteiger charge is -2.33. The van der Waals surface area contributed by atoms with Gasteiger partial charge in [-0.1, -0.05) is 30.3 Å². The average Bonchev–Trinajstić information content (AvgIpc) is 3.07. The van der Waals surface area contributed by atoms with Crippen molar-refractivity contribution in [3.63, 3.8) is 0 Å². The number of hydrogen-bond acceptors (Lipinski definition) is 4. The average molecular weight is 386 g/mol. The van der Waals surface area contributed by atoms with Crippen LogP contribution in [0, 0.1) is 0 Å². The fraction of sp³-hybridized carbons (Fsp3) is 0.350. The Hall–Kier alpha value is -2.38. The number of amides is 1. The molecule has 142 valence electrons. The number of carbonyl (C=O) groups is 1. The van der Waals surface area contributed by atoms with Gasteiger partial charge in [0, 0.05) is 18.7 Å². The number of ether oxygens (including phenoxy) is 1. The number of morpholine rings is 1. The Balaban J connectivity index is 1.48. The second-order valence-corrected chi connectivity index (χ2v) is 8.82. The van der Waals surface area contributed by atoms with E-state index in [4.69, 9.17) is 4.74 Å². The van der Waals surface area contributed by atoms with Gasteiger partial charge in [-0.15, -0.1) is 0 Å². The van der Waals surface area contributed by atoms with Crippen molar-refractivity contribution in [2.24, 2.45) is 0 Å². The minimum absolute atomic E-state index is 0.0601. The number of rotatable bonds is 3. The van der Waals surface area contributed by atoms with Crippen molar-refractivity contribution in [1.82, 2.24) is 4.90 Å². The van der Waals surface area contributed by atoms with Crippen LogP contribution in [0.25, 0.3) is 0 Å². The standard InChI is InChI=1S/C20H22N2O4S/c23-20(21-12-13-26-19(15-21)16-5-2-1-3-6-16)17-7-9-18(10-8-17)22-11-4-14-27(22,24)25/h1-3,5-10,19H,4,11-15H2. The third-order valence-corrected chi connectivity index (χ3v) is 6.90. The molecule has 2 saturated heterocycles. The van der Waals surface area contributed by atoms with Gasteiger partial charge < -0.3 is 9.64 Å². The van der Waals surface area contributed by atoms with Crippen LogP contribution in [0.2, 0.25) is 0 Å². The number of sulfonamides is 1. The molecular weight excluding hydrogens is 364 g/mol. The van der Waals surface area contributed by atoms with E-state index in [9.17, 15) is 13.2 Å². The zero-order valence-corrected chi connectivity index (χ0v) is 15.8. The van der Waals surface area contributed by atoms with Crippen LogP contribution in [-0.4, -0.2) is 51.2 Å². The first-order valence-corrected chi connectivity index (χ1v) is 10.7. The van der Waals surface area contributed by atoms with Crippen LogP contribution in [0.4, 0.5) is 5.69 Å². The van der Waals surface area contributed by atoms with Crippen molar-refractivity contribution >= 4 is 21.6 Å². The molecule has 0 saturated carbocycles. The molecule has 2 heterocycles. The topological polar surface area (TPSA) is 66.9 Å². The monoisotopic (exact) mass is 386 g/mol. The maximum Gasteiger partial charge on any atom is 0.254 e. The molecule has 7 heteroatoms. The smallest absolute Gasteiger partial charge is 0.254 e. The molecule has 2 aromatic carbocycles. The van der Waals surface area contributed by atoms with Gasteiger partial charge in [0.05, 0.1) is 24.6 Å². The fourth-order valence-corrected chi connectivity index (χ4v) is 5.15. The van der Waals surface area contributed by atoms with E-state index in [0.717, 1.165) is 5.56 Å². The zero-order valence-electron chi connectivity index (χ0n) is 15.0. The number of hydrogen-bond donors (Lipinski definition) is 0. The molecule has 2 fully saturated rings. The molecule has 0 aromatic heterocycles. The van der Waals surface area contributed by atoms with Gasteiger partial charge in [0.25, 0.3) is 5.91 Å². The second kappa shape index (κ2) is 7.32. The van der Waals surface area contributed by atoms with Crippen LogP contribution in [-0.2, 0) is 14.8 Å². The Labute approximate surface area is 159 Å². The Morgan fingerprint density at radius 2 is 1.74 bits per heavy atom. The molecule has 0 N–H and O–H groups in total. The summed E-state index contributed by atoms with van der Waals surface area (Å²) in [5.41, 5.74) is 2.24. The van der Waals surface area contributed by atoms with E-state index in [0.29, 0.717) is 43.9 Å². The predicted octanol–water partition coefficient (Wildman–Crippen LogP) is 2.44. The van der Waals surface area contributed by atoms with Gasteiger partial charge in [-0.2, -0.15) is 0 Å². The summed E-state index contributed by atoms with van der Waals surface area (Å²) >= 11 is 0. The van der Waals surface area contributed by atoms with E-state index >= 15 is 0 Å². The van der Waals surface area contributed by atoms with Crippen molar-refractivity contribution in [2.75, 3.05) is 36.3 Å². The van der Waals surface area contributed by atoms with E-state index in [1.165, 1.54) is 4.31 Å². The SMILES string of the molecule is O=C(c1ccc(N2CCCS2(=O)=O)cc1)N1CCOC(c2ccccc2)C1. The minimum Gasteiger partial charge on any atom is -0.370 e. The molecule has 2 aliphatic rings. The maximum atomic E-state index is 12.9. The summed E-state index contributed by atoms with van der Waals surface area (Å²) in [6, 6.07) is 16.7. The third-order valence-electron chi connectivity index (χ3n) is 5.03. The molecule has 0 spiro atoms. The first-order chi connectivity index (χ1) is 13.0. The van der Waals surface area contributed by atoms with Crippen LogP contribution in [0.15, 0.2) is 54.6 Å². The second-order valence-electron chi connectivity index (χ2n) is 6.81. The Kier molecular flexibility index (Phi) is 4.88. The van der Waals surface area contributed by atoms with Gasteiger partial charge in [0.15, 0.2) is 0 Å². The fourth-order valence-electron chi connectivity index (χ4n) is 3.59. The first kappa shape index (κ1) is 18.0. The molecule has 2 aromatic rings. The van der Waals surface area contributed by atoms with Crippen molar-refractivity contribution in [3.05, 3.63) is 65.7 Å². The van der Waals surface area contributed by atoms with Crippen molar-refractivity contribution in [2.45, 2.75) is 12.5 Å². The van der Waals surface area contributed by atoms with Gasteiger partial charge in [0.1, 0.15) is 6.10 Å². The van der Waals surface area contributed by atoms with Gasteiger partial charge in [0.2, 0.25) is 10.0 Å². The molecule has 1 atom stereocenters. The van der Waals surface area contributed by atoms with Gasteiger partial charge in [-0.3, -0.25) is 9.10 Å². The number of benzene rings is 2.